The molecule has 0 spiro atoms. The Labute approximate surface area is 100 Å². The van der Waals surface area contributed by atoms with Crippen molar-refractivity contribution < 1.29 is 0 Å². The van der Waals surface area contributed by atoms with E-state index >= 15 is 0 Å². The number of hydrogen-bond donors (Lipinski definition) is 1. The van der Waals surface area contributed by atoms with E-state index in [1.165, 1.54) is 5.69 Å². The number of nitrogens with zero attached hydrogens (tertiary/aromatic N) is 2. The molecule has 0 aliphatic heterocycles. The lowest BCUT2D eigenvalue weighted by molar-refractivity contribution is 0.525. The van der Waals surface area contributed by atoms with Gasteiger partial charge in [-0.3, -0.25) is 4.68 Å². The maximum absolute atomic E-state index is 4.38. The molecule has 1 unspecified atom stereocenters. The molecular formula is C11H20BrN3. The molecule has 0 aliphatic rings. The van der Waals surface area contributed by atoms with Gasteiger partial charge in [-0.1, -0.05) is 13.8 Å². The van der Waals surface area contributed by atoms with Crippen molar-refractivity contribution >= 4 is 15.9 Å². The fourth-order valence-electron chi connectivity index (χ4n) is 1.75. The minimum Gasteiger partial charge on any atom is -0.320 e. The van der Waals surface area contributed by atoms with Crippen molar-refractivity contribution in [2.45, 2.75) is 39.2 Å². The highest BCUT2D eigenvalue weighted by molar-refractivity contribution is 9.10. The Bertz CT molecular complexity index is 296. The minimum atomic E-state index is 0.542. The summed E-state index contributed by atoms with van der Waals surface area (Å²) < 4.78 is 3.25. The number of nitrogens with one attached hydrogen (secondary N) is 1. The van der Waals surface area contributed by atoms with E-state index in [2.05, 4.69) is 44.9 Å². The second-order valence-electron chi connectivity index (χ2n) is 3.89. The van der Waals surface area contributed by atoms with Crippen molar-refractivity contribution in [3.05, 3.63) is 16.4 Å². The monoisotopic (exact) mass is 273 g/mol. The Morgan fingerprint density at radius 3 is 2.93 bits per heavy atom. The maximum Gasteiger partial charge on any atom is 0.0635 e. The summed E-state index contributed by atoms with van der Waals surface area (Å²) in [6.07, 6.45) is 4.17. The number of aryl methyl sites for hydroxylation is 1. The first-order chi connectivity index (χ1) is 7.20. The number of rotatable bonds is 6. The molecule has 0 amide bonds. The highest BCUT2D eigenvalue weighted by Gasteiger charge is 2.14. The third-order valence-corrected chi connectivity index (χ3v) is 3.17. The maximum atomic E-state index is 4.38. The Kier molecular flexibility index (Phi) is 5.32. The molecule has 1 aromatic heterocycles. The van der Waals surface area contributed by atoms with Crippen LogP contribution >= 0.6 is 15.9 Å². The van der Waals surface area contributed by atoms with Gasteiger partial charge in [-0.15, -0.1) is 0 Å². The van der Waals surface area contributed by atoms with Crippen molar-refractivity contribution in [3.8, 4) is 0 Å². The van der Waals surface area contributed by atoms with Gasteiger partial charge >= 0.3 is 0 Å². The Balaban J connectivity index is 2.75. The zero-order valence-electron chi connectivity index (χ0n) is 9.76. The van der Waals surface area contributed by atoms with Crippen LogP contribution in [0.5, 0.6) is 0 Å². The Hall–Kier alpha value is -0.350. The van der Waals surface area contributed by atoms with Crippen molar-refractivity contribution in [3.63, 3.8) is 0 Å². The first-order valence-corrected chi connectivity index (χ1v) is 6.35. The van der Waals surface area contributed by atoms with Gasteiger partial charge in [0.05, 0.1) is 16.4 Å². The summed E-state index contributed by atoms with van der Waals surface area (Å²) in [6, 6.07) is 0. The van der Waals surface area contributed by atoms with Crippen LogP contribution in [-0.4, -0.2) is 23.4 Å². The Morgan fingerprint density at radius 2 is 2.33 bits per heavy atom. The molecule has 4 heteroatoms. The third kappa shape index (κ3) is 3.31. The van der Waals surface area contributed by atoms with E-state index in [0.29, 0.717) is 5.92 Å². The number of hydrogen-bond acceptors (Lipinski definition) is 2. The largest absolute Gasteiger partial charge is 0.320 e. The topological polar surface area (TPSA) is 29.9 Å². The molecule has 15 heavy (non-hydrogen) atoms. The average Bonchev–Trinajstić information content (AvgIpc) is 2.57. The second kappa shape index (κ2) is 6.28. The first-order valence-electron chi connectivity index (χ1n) is 5.56. The van der Waals surface area contributed by atoms with Crippen LogP contribution in [0, 0.1) is 0 Å². The fourth-order valence-corrected chi connectivity index (χ4v) is 2.44. The van der Waals surface area contributed by atoms with Gasteiger partial charge in [-0.25, -0.2) is 0 Å². The molecule has 86 valence electrons. The summed E-state index contributed by atoms with van der Waals surface area (Å²) in [5, 5.41) is 7.57. The van der Waals surface area contributed by atoms with E-state index in [1.54, 1.807) is 0 Å². The predicted octanol–water partition coefficient (Wildman–Crippen LogP) is 2.77. The van der Waals surface area contributed by atoms with Gasteiger partial charge in [0.1, 0.15) is 0 Å². The smallest absolute Gasteiger partial charge is 0.0635 e. The molecule has 1 heterocycles. The normalized spacial score (nSPS) is 13.1. The van der Waals surface area contributed by atoms with Gasteiger partial charge in [0.15, 0.2) is 0 Å². The Morgan fingerprint density at radius 1 is 1.60 bits per heavy atom. The van der Waals surface area contributed by atoms with Crippen LogP contribution in [-0.2, 0) is 6.54 Å². The molecule has 0 saturated heterocycles. The molecule has 1 atom stereocenters. The number of aromatic nitrogens is 2. The average molecular weight is 274 g/mol. The summed E-state index contributed by atoms with van der Waals surface area (Å²) >= 11 is 3.58. The van der Waals surface area contributed by atoms with Gasteiger partial charge in [0.25, 0.3) is 0 Å². The predicted molar refractivity (Wildman–Crippen MR) is 67.2 cm³/mol. The molecule has 0 fully saturated rings. The molecule has 0 saturated carbocycles. The standard InChI is InChI=1S/C11H20BrN3/c1-4-7-15-11(10(12)8-14-15)9(2)5-6-13-3/h8-9,13H,4-7H2,1-3H3. The summed E-state index contributed by atoms with van der Waals surface area (Å²) in [4.78, 5) is 0. The van der Waals surface area contributed by atoms with Gasteiger partial charge in [-0.2, -0.15) is 5.10 Å². The molecular weight excluding hydrogens is 254 g/mol. The van der Waals surface area contributed by atoms with E-state index in [0.717, 1.165) is 30.4 Å². The van der Waals surface area contributed by atoms with Crippen LogP contribution in [0.4, 0.5) is 0 Å². The highest BCUT2D eigenvalue weighted by Crippen LogP contribution is 2.26. The molecule has 0 radical (unpaired) electrons. The van der Waals surface area contributed by atoms with E-state index < -0.39 is 0 Å². The van der Waals surface area contributed by atoms with Gasteiger partial charge in [0, 0.05) is 12.5 Å². The minimum absolute atomic E-state index is 0.542. The lowest BCUT2D eigenvalue weighted by atomic mass is 10.0. The van der Waals surface area contributed by atoms with Crippen LogP contribution in [0.25, 0.3) is 0 Å². The summed E-state index contributed by atoms with van der Waals surface area (Å²) in [7, 11) is 1.99. The molecule has 1 aromatic rings. The zero-order valence-corrected chi connectivity index (χ0v) is 11.3. The SMILES string of the molecule is CCCn1ncc(Br)c1C(C)CCNC. The third-order valence-electron chi connectivity index (χ3n) is 2.56. The van der Waals surface area contributed by atoms with Crippen LogP contribution in [0.2, 0.25) is 0 Å². The van der Waals surface area contributed by atoms with E-state index in [1.807, 2.05) is 13.2 Å². The van der Waals surface area contributed by atoms with Crippen LogP contribution < -0.4 is 5.32 Å². The lowest BCUT2D eigenvalue weighted by Gasteiger charge is -2.14. The van der Waals surface area contributed by atoms with E-state index in [4.69, 9.17) is 0 Å². The van der Waals surface area contributed by atoms with Crippen molar-refractivity contribution in [1.82, 2.24) is 15.1 Å². The summed E-state index contributed by atoms with van der Waals surface area (Å²) in [5.41, 5.74) is 1.33. The van der Waals surface area contributed by atoms with Gasteiger partial charge in [-0.05, 0) is 42.4 Å². The van der Waals surface area contributed by atoms with Crippen LogP contribution in [0.3, 0.4) is 0 Å². The molecule has 3 nitrogen and oxygen atoms in total. The quantitative estimate of drug-likeness (QED) is 0.864. The van der Waals surface area contributed by atoms with Crippen LogP contribution in [0.1, 0.15) is 38.3 Å². The summed E-state index contributed by atoms with van der Waals surface area (Å²) in [5.74, 6) is 0.542. The molecule has 0 aromatic carbocycles. The lowest BCUT2D eigenvalue weighted by Crippen LogP contribution is -2.14. The molecule has 1 rings (SSSR count). The number of halogens is 1. The molecule has 0 aliphatic carbocycles. The van der Waals surface area contributed by atoms with Gasteiger partial charge in [0.2, 0.25) is 0 Å². The van der Waals surface area contributed by atoms with Crippen molar-refractivity contribution in [2.24, 2.45) is 0 Å². The van der Waals surface area contributed by atoms with Gasteiger partial charge < -0.3 is 5.32 Å². The van der Waals surface area contributed by atoms with Crippen molar-refractivity contribution in [2.75, 3.05) is 13.6 Å². The molecule has 1 N–H and O–H groups in total. The summed E-state index contributed by atoms with van der Waals surface area (Å²) in [6.45, 7) is 6.48. The zero-order chi connectivity index (χ0) is 11.3. The van der Waals surface area contributed by atoms with E-state index in [9.17, 15) is 0 Å². The second-order valence-corrected chi connectivity index (χ2v) is 4.75. The van der Waals surface area contributed by atoms with Crippen molar-refractivity contribution in [1.29, 1.82) is 0 Å². The first kappa shape index (κ1) is 12.7. The fraction of sp³-hybridized carbons (Fsp3) is 0.727. The molecule has 0 bridgehead atoms. The highest BCUT2D eigenvalue weighted by atomic mass is 79.9. The van der Waals surface area contributed by atoms with E-state index in [-0.39, 0.29) is 0 Å². The van der Waals surface area contributed by atoms with Crippen LogP contribution in [0.15, 0.2) is 10.7 Å².